The number of nitrogens with one attached hydrogen (secondary N) is 1. The number of ether oxygens (including phenoxy) is 1. The molecular weight excluding hydrogens is 240 g/mol. The molecule has 102 valence electrons. The van der Waals surface area contributed by atoms with Crippen molar-refractivity contribution in [2.75, 3.05) is 38.2 Å². The van der Waals surface area contributed by atoms with Crippen molar-refractivity contribution in [3.05, 3.63) is 24.3 Å². The van der Waals surface area contributed by atoms with E-state index in [1.807, 2.05) is 18.2 Å². The fraction of sp³-hybridized carbons (Fsp3) is 0.500. The van der Waals surface area contributed by atoms with E-state index in [1.54, 1.807) is 0 Å². The van der Waals surface area contributed by atoms with E-state index in [1.165, 1.54) is 0 Å². The molecule has 0 bridgehead atoms. The molecule has 1 aliphatic heterocycles. The van der Waals surface area contributed by atoms with Crippen LogP contribution in [0.25, 0.3) is 11.0 Å². The summed E-state index contributed by atoms with van der Waals surface area (Å²) in [5.41, 5.74) is 2.20. The highest BCUT2D eigenvalue weighted by molar-refractivity contribution is 5.78. The summed E-state index contributed by atoms with van der Waals surface area (Å²) in [4.78, 5) is 6.85. The Balaban J connectivity index is 1.80. The van der Waals surface area contributed by atoms with Gasteiger partial charge in [0.25, 0.3) is 0 Å². The lowest BCUT2D eigenvalue weighted by Crippen LogP contribution is -2.44. The van der Waals surface area contributed by atoms with Gasteiger partial charge in [0.05, 0.1) is 23.7 Å². The number of likely N-dealkylation sites (N-methyl/N-ethyl adjacent to an activating group) is 1. The van der Waals surface area contributed by atoms with E-state index >= 15 is 0 Å². The highest BCUT2D eigenvalue weighted by atomic mass is 16.5. The van der Waals surface area contributed by atoms with Crippen molar-refractivity contribution in [2.45, 2.75) is 6.10 Å². The third-order valence-corrected chi connectivity index (χ3v) is 3.59. The number of imidazole rings is 1. The zero-order chi connectivity index (χ0) is 13.2. The average molecular weight is 260 g/mol. The Bertz CT molecular complexity index is 560. The molecule has 5 heteroatoms. The molecule has 1 aliphatic rings. The van der Waals surface area contributed by atoms with Gasteiger partial charge in [-0.15, -0.1) is 0 Å². The number of anilines is 1. The van der Waals surface area contributed by atoms with Gasteiger partial charge < -0.3 is 19.5 Å². The number of morpholine rings is 1. The number of hydrogen-bond acceptors (Lipinski definition) is 4. The Morgan fingerprint density at radius 1 is 1.47 bits per heavy atom. The van der Waals surface area contributed by atoms with Crippen molar-refractivity contribution in [1.82, 2.24) is 14.9 Å². The SMILES string of the molecule is CN(CC1CNCCO1)c1nc2ccccc2n1C. The van der Waals surface area contributed by atoms with Crippen LogP contribution < -0.4 is 10.2 Å². The number of hydrogen-bond donors (Lipinski definition) is 1. The second-order valence-corrected chi connectivity index (χ2v) is 5.04. The number of aryl methyl sites for hydroxylation is 1. The molecule has 1 unspecified atom stereocenters. The third kappa shape index (κ3) is 2.43. The molecule has 2 aromatic rings. The molecule has 3 rings (SSSR count). The maximum atomic E-state index is 5.74. The van der Waals surface area contributed by atoms with Gasteiger partial charge in [0, 0.05) is 33.7 Å². The van der Waals surface area contributed by atoms with Crippen LogP contribution in [0.3, 0.4) is 0 Å². The maximum Gasteiger partial charge on any atom is 0.206 e. The minimum Gasteiger partial charge on any atom is -0.374 e. The molecule has 2 heterocycles. The van der Waals surface area contributed by atoms with Crippen LogP contribution in [0.4, 0.5) is 5.95 Å². The lowest BCUT2D eigenvalue weighted by atomic mass is 10.3. The van der Waals surface area contributed by atoms with Crippen molar-refractivity contribution in [3.63, 3.8) is 0 Å². The van der Waals surface area contributed by atoms with Crippen molar-refractivity contribution < 1.29 is 4.74 Å². The molecule has 1 N–H and O–H groups in total. The Hall–Kier alpha value is -1.59. The quantitative estimate of drug-likeness (QED) is 0.894. The second-order valence-electron chi connectivity index (χ2n) is 5.04. The normalized spacial score (nSPS) is 19.8. The van der Waals surface area contributed by atoms with Gasteiger partial charge in [0.1, 0.15) is 0 Å². The Morgan fingerprint density at radius 3 is 3.05 bits per heavy atom. The zero-order valence-electron chi connectivity index (χ0n) is 11.5. The maximum absolute atomic E-state index is 5.74. The minimum absolute atomic E-state index is 0.235. The van der Waals surface area contributed by atoms with Gasteiger partial charge in [-0.25, -0.2) is 4.98 Å². The van der Waals surface area contributed by atoms with Gasteiger partial charge in [0.2, 0.25) is 5.95 Å². The molecule has 1 fully saturated rings. The van der Waals surface area contributed by atoms with Gasteiger partial charge in [-0.05, 0) is 12.1 Å². The Morgan fingerprint density at radius 2 is 2.32 bits per heavy atom. The molecule has 1 saturated heterocycles. The Kier molecular flexibility index (Phi) is 3.40. The number of para-hydroxylation sites is 2. The summed E-state index contributed by atoms with van der Waals surface area (Å²) in [5, 5.41) is 3.35. The van der Waals surface area contributed by atoms with Crippen LogP contribution in [0.2, 0.25) is 0 Å². The van der Waals surface area contributed by atoms with Crippen molar-refractivity contribution in [2.24, 2.45) is 7.05 Å². The summed E-state index contributed by atoms with van der Waals surface area (Å²) in [6.45, 7) is 3.51. The first-order chi connectivity index (χ1) is 9.25. The first kappa shape index (κ1) is 12.4. The van der Waals surface area contributed by atoms with Gasteiger partial charge in [-0.1, -0.05) is 12.1 Å². The lowest BCUT2D eigenvalue weighted by Gasteiger charge is -2.28. The van der Waals surface area contributed by atoms with Gasteiger partial charge in [-0.3, -0.25) is 0 Å². The minimum atomic E-state index is 0.235. The molecule has 1 aromatic heterocycles. The van der Waals surface area contributed by atoms with E-state index < -0.39 is 0 Å². The number of fused-ring (bicyclic) bond motifs is 1. The van der Waals surface area contributed by atoms with Gasteiger partial charge >= 0.3 is 0 Å². The van der Waals surface area contributed by atoms with E-state index in [2.05, 4.69) is 34.9 Å². The number of aromatic nitrogens is 2. The van der Waals surface area contributed by atoms with Crippen molar-refractivity contribution >= 4 is 17.0 Å². The smallest absolute Gasteiger partial charge is 0.206 e. The van der Waals surface area contributed by atoms with Gasteiger partial charge in [-0.2, -0.15) is 0 Å². The lowest BCUT2D eigenvalue weighted by molar-refractivity contribution is 0.0338. The summed E-state index contributed by atoms with van der Waals surface area (Å²) in [6.07, 6.45) is 0.235. The first-order valence-electron chi connectivity index (χ1n) is 6.70. The van der Waals surface area contributed by atoms with Crippen LogP contribution >= 0.6 is 0 Å². The van der Waals surface area contributed by atoms with Crippen LogP contribution in [-0.4, -0.2) is 48.9 Å². The largest absolute Gasteiger partial charge is 0.374 e. The van der Waals surface area contributed by atoms with E-state index in [9.17, 15) is 0 Å². The predicted octanol–water partition coefficient (Wildman–Crippen LogP) is 0.998. The zero-order valence-corrected chi connectivity index (χ0v) is 11.5. The molecular formula is C14H20N4O. The molecule has 0 aliphatic carbocycles. The first-order valence-corrected chi connectivity index (χ1v) is 6.70. The summed E-state index contributed by atoms with van der Waals surface area (Å²) in [5.74, 6) is 0.982. The van der Waals surface area contributed by atoms with Crippen LogP contribution in [0.15, 0.2) is 24.3 Å². The summed E-state index contributed by atoms with van der Waals surface area (Å²) < 4.78 is 7.87. The summed E-state index contributed by atoms with van der Waals surface area (Å²) in [6, 6.07) is 8.21. The van der Waals surface area contributed by atoms with Crippen molar-refractivity contribution in [1.29, 1.82) is 0 Å². The summed E-state index contributed by atoms with van der Waals surface area (Å²) in [7, 11) is 4.13. The molecule has 0 amide bonds. The molecule has 0 radical (unpaired) electrons. The molecule has 5 nitrogen and oxygen atoms in total. The molecule has 0 spiro atoms. The highest BCUT2D eigenvalue weighted by Gasteiger charge is 2.18. The Labute approximate surface area is 113 Å². The second kappa shape index (κ2) is 5.19. The van der Waals surface area contributed by atoms with Crippen LogP contribution in [0, 0.1) is 0 Å². The number of rotatable bonds is 3. The fourth-order valence-electron chi connectivity index (χ4n) is 2.60. The third-order valence-electron chi connectivity index (χ3n) is 3.59. The predicted molar refractivity (Wildman–Crippen MR) is 76.6 cm³/mol. The van der Waals surface area contributed by atoms with Crippen molar-refractivity contribution in [3.8, 4) is 0 Å². The van der Waals surface area contributed by atoms with Crippen LogP contribution in [-0.2, 0) is 11.8 Å². The van der Waals surface area contributed by atoms with E-state index in [-0.39, 0.29) is 6.10 Å². The highest BCUT2D eigenvalue weighted by Crippen LogP contribution is 2.20. The number of benzene rings is 1. The number of nitrogens with zero attached hydrogens (tertiary/aromatic N) is 3. The fourth-order valence-corrected chi connectivity index (χ4v) is 2.60. The average Bonchev–Trinajstić information content (AvgIpc) is 2.78. The molecule has 0 saturated carbocycles. The van der Waals surface area contributed by atoms with E-state index in [4.69, 9.17) is 9.72 Å². The topological polar surface area (TPSA) is 42.3 Å². The van der Waals surface area contributed by atoms with Crippen LogP contribution in [0.5, 0.6) is 0 Å². The van der Waals surface area contributed by atoms with Gasteiger partial charge in [0.15, 0.2) is 0 Å². The monoisotopic (exact) mass is 260 g/mol. The molecule has 1 aromatic carbocycles. The standard InChI is InChI=1S/C14H20N4O/c1-17(10-11-9-15-7-8-19-11)14-16-12-5-3-4-6-13(12)18(14)2/h3-6,11,15H,7-10H2,1-2H3. The molecule has 19 heavy (non-hydrogen) atoms. The summed E-state index contributed by atoms with van der Waals surface area (Å²) >= 11 is 0. The van der Waals surface area contributed by atoms with E-state index in [0.717, 1.165) is 43.2 Å². The van der Waals surface area contributed by atoms with E-state index in [0.29, 0.717) is 0 Å². The molecule has 1 atom stereocenters. The van der Waals surface area contributed by atoms with Crippen LogP contribution in [0.1, 0.15) is 0 Å².